The van der Waals surface area contributed by atoms with Crippen molar-refractivity contribution in [2.24, 2.45) is 5.41 Å². The number of benzene rings is 1. The van der Waals surface area contributed by atoms with E-state index in [0.717, 1.165) is 25.2 Å². The molecule has 6 heteroatoms. The maximum Gasteiger partial charge on any atom is 0.238 e. The van der Waals surface area contributed by atoms with Crippen LogP contribution in [0.5, 0.6) is 0 Å². The number of nitrogens with zero attached hydrogens (tertiary/aromatic N) is 2. The number of hydrogen-bond donors (Lipinski definition) is 1. The third-order valence-electron chi connectivity index (χ3n) is 5.07. The molecule has 1 aromatic rings. The van der Waals surface area contributed by atoms with Crippen molar-refractivity contribution in [3.63, 3.8) is 0 Å². The molecule has 2 amide bonds. The van der Waals surface area contributed by atoms with Crippen LogP contribution >= 0.6 is 0 Å². The standard InChI is InChI=1S/C18H24FN3O2/c1-2-21-9-11-22(12-10-21)17(24)18(7-8-18)16(23)20-13-14-3-5-15(19)6-4-14/h3-6H,2,7-13H2,1H3,(H,20,23). The molecule has 0 aromatic heterocycles. The minimum Gasteiger partial charge on any atom is -0.351 e. The second-order valence-corrected chi connectivity index (χ2v) is 6.62. The Morgan fingerprint density at radius 3 is 2.29 bits per heavy atom. The van der Waals surface area contributed by atoms with E-state index in [1.165, 1.54) is 12.1 Å². The lowest BCUT2D eigenvalue weighted by atomic mass is 10.0. The highest BCUT2D eigenvalue weighted by Crippen LogP contribution is 2.47. The van der Waals surface area contributed by atoms with Crippen LogP contribution in [0.2, 0.25) is 0 Å². The highest BCUT2D eigenvalue weighted by atomic mass is 19.1. The van der Waals surface area contributed by atoms with Gasteiger partial charge in [0.2, 0.25) is 11.8 Å². The molecule has 3 rings (SSSR count). The highest BCUT2D eigenvalue weighted by Gasteiger charge is 2.58. The number of carbonyl (C=O) groups excluding carboxylic acids is 2. The van der Waals surface area contributed by atoms with E-state index in [2.05, 4.69) is 17.1 Å². The van der Waals surface area contributed by atoms with Crippen LogP contribution < -0.4 is 5.32 Å². The summed E-state index contributed by atoms with van der Waals surface area (Å²) >= 11 is 0. The van der Waals surface area contributed by atoms with Crippen LogP contribution in [0.25, 0.3) is 0 Å². The molecule has 0 unspecified atom stereocenters. The van der Waals surface area contributed by atoms with Crippen molar-refractivity contribution in [2.45, 2.75) is 26.3 Å². The van der Waals surface area contributed by atoms with Gasteiger partial charge in [-0.25, -0.2) is 4.39 Å². The molecule has 1 aliphatic heterocycles. The van der Waals surface area contributed by atoms with Crippen molar-refractivity contribution in [1.82, 2.24) is 15.1 Å². The molecule has 2 aliphatic rings. The van der Waals surface area contributed by atoms with Gasteiger partial charge >= 0.3 is 0 Å². The molecule has 1 saturated heterocycles. The fourth-order valence-corrected chi connectivity index (χ4v) is 3.19. The van der Waals surface area contributed by atoms with E-state index in [4.69, 9.17) is 0 Å². The fourth-order valence-electron chi connectivity index (χ4n) is 3.19. The van der Waals surface area contributed by atoms with Crippen LogP contribution in [0.3, 0.4) is 0 Å². The number of carbonyl (C=O) groups is 2. The zero-order valence-electron chi connectivity index (χ0n) is 14.1. The first-order valence-electron chi connectivity index (χ1n) is 8.59. The number of likely N-dealkylation sites (N-methyl/N-ethyl adjacent to an activating group) is 1. The van der Waals surface area contributed by atoms with E-state index in [1.807, 2.05) is 4.90 Å². The van der Waals surface area contributed by atoms with Crippen LogP contribution in [0.1, 0.15) is 25.3 Å². The van der Waals surface area contributed by atoms with E-state index in [1.54, 1.807) is 12.1 Å². The SMILES string of the molecule is CCN1CCN(C(=O)C2(C(=O)NCc3ccc(F)cc3)CC2)CC1. The zero-order chi connectivity index (χ0) is 17.2. The number of halogens is 1. The largest absolute Gasteiger partial charge is 0.351 e. The maximum atomic E-state index is 12.9. The van der Waals surface area contributed by atoms with E-state index >= 15 is 0 Å². The molecule has 5 nitrogen and oxygen atoms in total. The van der Waals surface area contributed by atoms with E-state index in [-0.39, 0.29) is 17.6 Å². The molecule has 2 fully saturated rings. The summed E-state index contributed by atoms with van der Waals surface area (Å²) in [6.45, 7) is 6.55. The minimum atomic E-state index is -0.867. The average molecular weight is 333 g/mol. The van der Waals surface area contributed by atoms with Gasteiger partial charge in [0.1, 0.15) is 11.2 Å². The Balaban J connectivity index is 1.56. The Morgan fingerprint density at radius 2 is 1.75 bits per heavy atom. The second kappa shape index (κ2) is 6.89. The van der Waals surface area contributed by atoms with Gasteiger partial charge in [0, 0.05) is 32.7 Å². The molecule has 0 spiro atoms. The van der Waals surface area contributed by atoms with Crippen LogP contribution in [0.4, 0.5) is 4.39 Å². The Hall–Kier alpha value is -1.95. The lowest BCUT2D eigenvalue weighted by molar-refractivity contribution is -0.145. The summed E-state index contributed by atoms with van der Waals surface area (Å²) in [5.41, 5.74) is -0.0430. The summed E-state index contributed by atoms with van der Waals surface area (Å²) in [6, 6.07) is 6.02. The van der Waals surface area contributed by atoms with Crippen molar-refractivity contribution in [2.75, 3.05) is 32.7 Å². The minimum absolute atomic E-state index is 0.0325. The first-order chi connectivity index (χ1) is 11.5. The number of hydrogen-bond acceptors (Lipinski definition) is 3. The summed E-state index contributed by atoms with van der Waals surface area (Å²) in [5, 5.41) is 2.84. The van der Waals surface area contributed by atoms with Crippen LogP contribution in [0.15, 0.2) is 24.3 Å². The monoisotopic (exact) mass is 333 g/mol. The molecular weight excluding hydrogens is 309 g/mol. The quantitative estimate of drug-likeness (QED) is 0.829. The maximum absolute atomic E-state index is 12.9. The average Bonchev–Trinajstić information content (AvgIpc) is 3.42. The van der Waals surface area contributed by atoms with E-state index in [0.29, 0.717) is 32.5 Å². The second-order valence-electron chi connectivity index (χ2n) is 6.62. The van der Waals surface area contributed by atoms with Gasteiger partial charge in [-0.3, -0.25) is 9.59 Å². The molecular formula is C18H24FN3O2. The highest BCUT2D eigenvalue weighted by molar-refractivity contribution is 6.07. The molecule has 1 aromatic carbocycles. The molecule has 1 aliphatic carbocycles. The summed E-state index contributed by atoms with van der Waals surface area (Å²) in [6.07, 6.45) is 1.24. The first kappa shape index (κ1) is 16.9. The summed E-state index contributed by atoms with van der Waals surface area (Å²) in [4.78, 5) is 29.4. The molecule has 0 radical (unpaired) electrons. The molecule has 1 saturated carbocycles. The smallest absolute Gasteiger partial charge is 0.238 e. The molecule has 1 N–H and O–H groups in total. The van der Waals surface area contributed by atoms with Crippen molar-refractivity contribution in [3.05, 3.63) is 35.6 Å². The fraction of sp³-hybridized carbons (Fsp3) is 0.556. The number of rotatable bonds is 5. The topological polar surface area (TPSA) is 52.7 Å². The molecule has 0 atom stereocenters. The van der Waals surface area contributed by atoms with Crippen molar-refractivity contribution < 1.29 is 14.0 Å². The normalized spacial score (nSPS) is 19.8. The number of nitrogens with one attached hydrogen (secondary N) is 1. The lowest BCUT2D eigenvalue weighted by Crippen LogP contribution is -2.53. The predicted octanol–water partition coefficient (Wildman–Crippen LogP) is 1.39. The van der Waals surface area contributed by atoms with Gasteiger partial charge in [0.25, 0.3) is 0 Å². The zero-order valence-corrected chi connectivity index (χ0v) is 14.1. The third-order valence-corrected chi connectivity index (χ3v) is 5.07. The number of amides is 2. The Kier molecular flexibility index (Phi) is 4.85. The summed E-state index contributed by atoms with van der Waals surface area (Å²) in [5.74, 6) is -0.533. The van der Waals surface area contributed by atoms with Crippen LogP contribution in [-0.2, 0) is 16.1 Å². The van der Waals surface area contributed by atoms with Gasteiger partial charge < -0.3 is 15.1 Å². The predicted molar refractivity (Wildman–Crippen MR) is 88.6 cm³/mol. The van der Waals surface area contributed by atoms with Gasteiger partial charge in [0.15, 0.2) is 0 Å². The Morgan fingerprint density at radius 1 is 1.12 bits per heavy atom. The van der Waals surface area contributed by atoms with E-state index < -0.39 is 5.41 Å². The van der Waals surface area contributed by atoms with Gasteiger partial charge in [-0.1, -0.05) is 19.1 Å². The first-order valence-corrected chi connectivity index (χ1v) is 8.59. The lowest BCUT2D eigenvalue weighted by Gasteiger charge is -2.35. The van der Waals surface area contributed by atoms with Crippen LogP contribution in [0, 0.1) is 11.2 Å². The van der Waals surface area contributed by atoms with Crippen molar-refractivity contribution in [3.8, 4) is 0 Å². The van der Waals surface area contributed by atoms with Gasteiger partial charge in [-0.15, -0.1) is 0 Å². The number of piperazine rings is 1. The third kappa shape index (κ3) is 3.43. The molecule has 0 bridgehead atoms. The Labute approximate surface area is 141 Å². The molecule has 1 heterocycles. The van der Waals surface area contributed by atoms with E-state index in [9.17, 15) is 14.0 Å². The summed E-state index contributed by atoms with van der Waals surface area (Å²) in [7, 11) is 0. The van der Waals surface area contributed by atoms with Crippen LogP contribution in [-0.4, -0.2) is 54.3 Å². The van der Waals surface area contributed by atoms with Gasteiger partial charge in [-0.05, 0) is 37.1 Å². The van der Waals surface area contributed by atoms with Crippen molar-refractivity contribution in [1.29, 1.82) is 0 Å². The van der Waals surface area contributed by atoms with Gasteiger partial charge in [0.05, 0.1) is 0 Å². The summed E-state index contributed by atoms with van der Waals surface area (Å²) < 4.78 is 12.9. The molecule has 24 heavy (non-hydrogen) atoms. The Bertz CT molecular complexity index is 605. The van der Waals surface area contributed by atoms with Crippen molar-refractivity contribution >= 4 is 11.8 Å². The molecule has 130 valence electrons. The van der Waals surface area contributed by atoms with Gasteiger partial charge in [-0.2, -0.15) is 0 Å².